The first-order chi connectivity index (χ1) is 31.9. The quantitative estimate of drug-likeness (QED) is 0.151. The van der Waals surface area contributed by atoms with E-state index in [0.717, 1.165) is 77.9 Å². The van der Waals surface area contributed by atoms with Gasteiger partial charge in [0.05, 0.1) is 11.6 Å². The molecule has 7 aromatic carbocycles. The van der Waals surface area contributed by atoms with Crippen molar-refractivity contribution >= 4 is 0 Å². The largest absolute Gasteiger partial charge is 0.264 e. The molecule has 0 spiro atoms. The molecule has 11 rings (SSSR count). The molecule has 10 aromatic rings. The molecule has 306 valence electrons. The van der Waals surface area contributed by atoms with E-state index in [4.69, 9.17) is 15.0 Å². The fourth-order valence-electron chi connectivity index (χ4n) is 9.06. The fraction of sp³-hybridized carbons (Fsp3) is 0.0508. The molecule has 3 heterocycles. The highest BCUT2D eigenvalue weighted by Gasteiger charge is 2.36. The minimum atomic E-state index is -0.311. The molecule has 1 aliphatic carbocycles. The maximum Gasteiger partial charge on any atom is 0.164 e. The first kappa shape index (κ1) is 39.2. The van der Waals surface area contributed by atoms with Gasteiger partial charge in [0.2, 0.25) is 0 Å². The number of pyridine rings is 2. The zero-order valence-electron chi connectivity index (χ0n) is 35.8. The Balaban J connectivity index is 1.12. The summed E-state index contributed by atoms with van der Waals surface area (Å²) in [6.07, 6.45) is 7.41. The Hall–Kier alpha value is -8.66. The molecule has 1 aliphatic rings. The van der Waals surface area contributed by atoms with Gasteiger partial charge in [-0.05, 0) is 133 Å². The lowest BCUT2D eigenvalue weighted by molar-refractivity contribution is 0.660. The second-order valence-corrected chi connectivity index (χ2v) is 17.0. The van der Waals surface area contributed by atoms with Crippen LogP contribution in [-0.2, 0) is 5.41 Å². The molecule has 6 heteroatoms. The summed E-state index contributed by atoms with van der Waals surface area (Å²) in [6, 6.07) is 65.5. The van der Waals surface area contributed by atoms with Crippen LogP contribution in [0, 0.1) is 11.3 Å². The summed E-state index contributed by atoms with van der Waals surface area (Å²) in [5.41, 5.74) is 18.3. The smallest absolute Gasteiger partial charge is 0.164 e. The summed E-state index contributed by atoms with van der Waals surface area (Å²) in [5, 5.41) is 9.80. The highest BCUT2D eigenvalue weighted by Crippen LogP contribution is 2.50. The first-order valence-electron chi connectivity index (χ1n) is 21.7. The van der Waals surface area contributed by atoms with Gasteiger partial charge in [-0.15, -0.1) is 0 Å². The summed E-state index contributed by atoms with van der Waals surface area (Å²) < 4.78 is 0. The van der Waals surface area contributed by atoms with Gasteiger partial charge in [0.1, 0.15) is 0 Å². The van der Waals surface area contributed by atoms with Gasteiger partial charge in [0, 0.05) is 58.0 Å². The predicted molar refractivity (Wildman–Crippen MR) is 261 cm³/mol. The second kappa shape index (κ2) is 16.2. The van der Waals surface area contributed by atoms with Gasteiger partial charge in [0.15, 0.2) is 17.5 Å². The van der Waals surface area contributed by atoms with E-state index in [1.807, 2.05) is 73.1 Å². The summed E-state index contributed by atoms with van der Waals surface area (Å²) in [5.74, 6) is 1.75. The molecular formula is C59H40N6. The molecule has 0 N–H and O–H groups in total. The van der Waals surface area contributed by atoms with E-state index < -0.39 is 0 Å². The van der Waals surface area contributed by atoms with E-state index in [2.05, 4.69) is 151 Å². The molecule has 0 atom stereocenters. The van der Waals surface area contributed by atoms with Crippen LogP contribution in [0.25, 0.3) is 101 Å². The summed E-state index contributed by atoms with van der Waals surface area (Å²) in [7, 11) is 0. The lowest BCUT2D eigenvalue weighted by atomic mass is 9.81. The summed E-state index contributed by atoms with van der Waals surface area (Å²) >= 11 is 0. The minimum Gasteiger partial charge on any atom is -0.264 e. The van der Waals surface area contributed by atoms with Crippen molar-refractivity contribution in [1.29, 1.82) is 5.26 Å². The van der Waals surface area contributed by atoms with Crippen LogP contribution in [0.5, 0.6) is 0 Å². The van der Waals surface area contributed by atoms with Gasteiger partial charge in [-0.25, -0.2) is 15.0 Å². The number of nitrogens with zero attached hydrogens (tertiary/aromatic N) is 6. The Morgan fingerprint density at radius 2 is 0.754 bits per heavy atom. The Bertz CT molecular complexity index is 3380. The SMILES string of the molecule is CC1(C)c2cc(C#N)ccc2-c2ccc(-c3cc(-c4cc(-c5cccnc5)cc(-c5cccnc5)c4)cc(-c4nc(-c5ccccc5)nc(-c5ccc(-c6ccccc6)cc5)n4)c3)cc21. The van der Waals surface area contributed by atoms with Gasteiger partial charge < -0.3 is 0 Å². The minimum absolute atomic E-state index is 0.311. The average Bonchev–Trinajstić information content (AvgIpc) is 3.61. The zero-order valence-corrected chi connectivity index (χ0v) is 35.8. The Labute approximate surface area is 378 Å². The third kappa shape index (κ3) is 7.45. The van der Waals surface area contributed by atoms with E-state index in [1.54, 1.807) is 12.4 Å². The number of benzene rings is 7. The molecule has 0 bridgehead atoms. The van der Waals surface area contributed by atoms with Crippen LogP contribution in [0.2, 0.25) is 0 Å². The van der Waals surface area contributed by atoms with Gasteiger partial charge in [-0.1, -0.05) is 129 Å². The molecule has 3 aromatic heterocycles. The van der Waals surface area contributed by atoms with Crippen LogP contribution in [-0.4, -0.2) is 24.9 Å². The maximum absolute atomic E-state index is 9.80. The lowest BCUT2D eigenvalue weighted by Crippen LogP contribution is -2.15. The third-order valence-corrected chi connectivity index (χ3v) is 12.5. The summed E-state index contributed by atoms with van der Waals surface area (Å²) in [4.78, 5) is 24.5. The zero-order chi connectivity index (χ0) is 43.9. The predicted octanol–water partition coefficient (Wildman–Crippen LogP) is 14.2. The van der Waals surface area contributed by atoms with Crippen LogP contribution in [0.1, 0.15) is 30.5 Å². The molecule has 6 nitrogen and oxygen atoms in total. The molecular weight excluding hydrogens is 793 g/mol. The van der Waals surface area contributed by atoms with Crippen LogP contribution in [0.4, 0.5) is 0 Å². The highest BCUT2D eigenvalue weighted by atomic mass is 15.0. The van der Waals surface area contributed by atoms with Crippen LogP contribution < -0.4 is 0 Å². The van der Waals surface area contributed by atoms with Crippen molar-refractivity contribution in [2.75, 3.05) is 0 Å². The van der Waals surface area contributed by atoms with Crippen molar-refractivity contribution in [3.63, 3.8) is 0 Å². The number of rotatable bonds is 8. The van der Waals surface area contributed by atoms with E-state index in [1.165, 1.54) is 16.7 Å². The van der Waals surface area contributed by atoms with E-state index in [-0.39, 0.29) is 5.41 Å². The highest BCUT2D eigenvalue weighted by molar-refractivity contribution is 5.88. The third-order valence-electron chi connectivity index (χ3n) is 12.5. The standard InChI is InChI=1S/C59H40N6/c1-59(2)54-27-38(35-60)17-23-52(54)53-24-22-43(34-55(53)59)46-28-50(49-30-47(44-15-9-25-61-36-44)29-48(31-49)45-16-10-26-62-37-45)33-51(32-46)58-64-56(41-13-7-4-8-14-41)63-57(65-58)42-20-18-40(19-21-42)39-11-5-3-6-12-39/h3-34,36-37H,1-2H3. The van der Waals surface area contributed by atoms with E-state index in [0.29, 0.717) is 23.0 Å². The van der Waals surface area contributed by atoms with Gasteiger partial charge in [-0.2, -0.15) is 5.26 Å². The summed E-state index contributed by atoms with van der Waals surface area (Å²) in [6.45, 7) is 4.50. The van der Waals surface area contributed by atoms with Crippen molar-refractivity contribution in [2.45, 2.75) is 19.3 Å². The van der Waals surface area contributed by atoms with Gasteiger partial charge in [-0.3, -0.25) is 9.97 Å². The molecule has 0 saturated heterocycles. The van der Waals surface area contributed by atoms with Crippen molar-refractivity contribution < 1.29 is 0 Å². The number of hydrogen-bond acceptors (Lipinski definition) is 6. The molecule has 0 radical (unpaired) electrons. The molecule has 0 saturated carbocycles. The van der Waals surface area contributed by atoms with Crippen molar-refractivity contribution in [3.05, 3.63) is 223 Å². The van der Waals surface area contributed by atoms with Crippen LogP contribution in [0.3, 0.4) is 0 Å². The lowest BCUT2D eigenvalue weighted by Gasteiger charge is -2.22. The van der Waals surface area contributed by atoms with Crippen molar-refractivity contribution in [1.82, 2.24) is 24.9 Å². The number of aromatic nitrogens is 5. The van der Waals surface area contributed by atoms with E-state index in [9.17, 15) is 5.26 Å². The first-order valence-corrected chi connectivity index (χ1v) is 21.7. The monoisotopic (exact) mass is 832 g/mol. The Kier molecular flexibility index (Phi) is 9.79. The Morgan fingerprint density at radius 1 is 0.354 bits per heavy atom. The maximum atomic E-state index is 9.80. The fourth-order valence-corrected chi connectivity index (χ4v) is 9.06. The van der Waals surface area contributed by atoms with E-state index >= 15 is 0 Å². The number of hydrogen-bond donors (Lipinski definition) is 0. The molecule has 0 fully saturated rings. The van der Waals surface area contributed by atoms with Gasteiger partial charge in [0.25, 0.3) is 0 Å². The second-order valence-electron chi connectivity index (χ2n) is 17.0. The number of nitriles is 1. The van der Waals surface area contributed by atoms with Crippen molar-refractivity contribution in [3.8, 4) is 107 Å². The van der Waals surface area contributed by atoms with Crippen molar-refractivity contribution in [2.24, 2.45) is 0 Å². The number of fused-ring (bicyclic) bond motifs is 3. The molecule has 0 amide bonds. The van der Waals surface area contributed by atoms with Crippen LogP contribution >= 0.6 is 0 Å². The Morgan fingerprint density at radius 3 is 1.29 bits per heavy atom. The topological polar surface area (TPSA) is 88.2 Å². The molecule has 65 heavy (non-hydrogen) atoms. The average molecular weight is 833 g/mol. The van der Waals surface area contributed by atoms with Crippen LogP contribution in [0.15, 0.2) is 207 Å². The molecule has 0 aliphatic heterocycles. The normalized spacial score (nSPS) is 12.3. The molecule has 0 unspecified atom stereocenters. The van der Waals surface area contributed by atoms with Gasteiger partial charge >= 0.3 is 0 Å².